The monoisotopic (exact) mass is 706 g/mol. The van der Waals surface area contributed by atoms with E-state index in [1.54, 1.807) is 48.6 Å². The molecule has 8 bridgehead atoms. The van der Waals surface area contributed by atoms with Gasteiger partial charge in [-0.2, -0.15) is 0 Å². The molecule has 0 atom stereocenters. The van der Waals surface area contributed by atoms with E-state index in [9.17, 15) is 40.5 Å². The van der Waals surface area contributed by atoms with Crippen LogP contribution in [0.25, 0.3) is 78.6 Å². The lowest BCUT2D eigenvalue weighted by Gasteiger charge is -2.05. The van der Waals surface area contributed by atoms with Crippen molar-refractivity contribution in [2.75, 3.05) is 0 Å². The smallest absolute Gasteiger partial charge is 0.295 e. The van der Waals surface area contributed by atoms with Crippen molar-refractivity contribution >= 4 is 68.0 Å². The van der Waals surface area contributed by atoms with Crippen LogP contribution in [0, 0.1) is 40.5 Å². The van der Waals surface area contributed by atoms with Gasteiger partial charge in [0.1, 0.15) is 5.52 Å². The molecule has 16 nitrogen and oxygen atoms in total. The van der Waals surface area contributed by atoms with Crippen LogP contribution in [-0.2, 0) is 0 Å². The number of benzene rings is 3. The van der Waals surface area contributed by atoms with Gasteiger partial charge in [-0.25, -0.2) is 4.98 Å². The summed E-state index contributed by atoms with van der Waals surface area (Å²) in [5, 5.41) is 47.1. The minimum Gasteiger partial charge on any atom is -0.354 e. The number of fused-ring (bicyclic) bond motifs is 9. The van der Waals surface area contributed by atoms with Crippen LogP contribution in [0.1, 0.15) is 11.4 Å². The molecule has 1 aliphatic rings. The summed E-state index contributed by atoms with van der Waals surface area (Å²) in [5.41, 5.74) is 5.96. The fourth-order valence-electron chi connectivity index (χ4n) is 6.52. The first-order valence-electron chi connectivity index (χ1n) is 15.8. The van der Waals surface area contributed by atoms with Gasteiger partial charge in [0.2, 0.25) is 0 Å². The van der Waals surface area contributed by atoms with E-state index in [0.717, 1.165) is 0 Å². The second kappa shape index (κ2) is 12.4. The normalized spacial score (nSPS) is 11.5. The maximum atomic E-state index is 12.6. The number of H-pyrrole nitrogens is 3. The third kappa shape index (κ3) is 5.67. The van der Waals surface area contributed by atoms with Gasteiger partial charge < -0.3 is 15.0 Å². The summed E-state index contributed by atoms with van der Waals surface area (Å²) in [7, 11) is 0. The van der Waals surface area contributed by atoms with Crippen molar-refractivity contribution in [3.8, 4) is 33.4 Å². The molecular weight excluding hydrogens is 684 g/mol. The summed E-state index contributed by atoms with van der Waals surface area (Å²) >= 11 is 0. The van der Waals surface area contributed by atoms with Gasteiger partial charge in [0.15, 0.2) is 0 Å². The lowest BCUT2D eigenvalue weighted by molar-refractivity contribution is -0.385. The van der Waals surface area contributed by atoms with Gasteiger partial charge in [-0.1, -0.05) is 0 Å². The van der Waals surface area contributed by atoms with Crippen molar-refractivity contribution in [3.63, 3.8) is 0 Å². The van der Waals surface area contributed by atoms with Crippen molar-refractivity contribution in [1.29, 1.82) is 0 Å². The van der Waals surface area contributed by atoms with Crippen molar-refractivity contribution in [2.45, 2.75) is 0 Å². The molecule has 4 aromatic heterocycles. The average molecular weight is 707 g/mol. The van der Waals surface area contributed by atoms with Crippen LogP contribution in [0.3, 0.4) is 0 Å². The zero-order valence-corrected chi connectivity index (χ0v) is 27.0. The van der Waals surface area contributed by atoms with E-state index in [2.05, 4.69) is 15.0 Å². The Hall–Kier alpha value is -8.01. The molecule has 53 heavy (non-hydrogen) atoms. The van der Waals surface area contributed by atoms with E-state index >= 15 is 0 Å². The number of nitrogens with zero attached hydrogens (tertiary/aromatic N) is 5. The maximum absolute atomic E-state index is 12.6. The van der Waals surface area contributed by atoms with Crippen LogP contribution >= 0.6 is 0 Å². The molecule has 0 spiro atoms. The number of nitro groups is 4. The highest BCUT2D eigenvalue weighted by Crippen LogP contribution is 2.39. The SMILES string of the molecule is O=[N+]([O-])c1ccc(-c2c3nc(c4cc([N+](=O)[O-])c([nH]4)c(-c4ccc([N+](=O)[O-])cc4)c4ccc([nH]4)c(-c4ccc([N+](=O)[O-])cc4)c4ccc2[nH]4)C=C3)cc1. The highest BCUT2D eigenvalue weighted by molar-refractivity contribution is 6.02. The zero-order chi connectivity index (χ0) is 37.0. The molecule has 258 valence electrons. The lowest BCUT2D eigenvalue weighted by Crippen LogP contribution is -1.90. The topological polar surface area (TPSA) is 233 Å². The number of nitro benzene ring substituents is 3. The Morgan fingerprint density at radius 2 is 0.811 bits per heavy atom. The molecule has 8 rings (SSSR count). The van der Waals surface area contributed by atoms with E-state index < -0.39 is 19.7 Å². The molecule has 7 aromatic rings. The van der Waals surface area contributed by atoms with E-state index in [0.29, 0.717) is 72.4 Å². The minimum atomic E-state index is -0.538. The third-order valence-corrected chi connectivity index (χ3v) is 8.97. The summed E-state index contributed by atoms with van der Waals surface area (Å²) in [6.07, 6.45) is 3.44. The van der Waals surface area contributed by atoms with Gasteiger partial charge in [-0.05, 0) is 89.5 Å². The number of non-ortho nitro benzene ring substituents is 3. The summed E-state index contributed by atoms with van der Waals surface area (Å²) in [4.78, 5) is 59.9. The minimum absolute atomic E-state index is 0.0996. The second-order valence-corrected chi connectivity index (χ2v) is 12.0. The molecule has 3 aromatic carbocycles. The van der Waals surface area contributed by atoms with Crippen molar-refractivity contribution in [1.82, 2.24) is 19.9 Å². The maximum Gasteiger partial charge on any atom is 0.295 e. The molecule has 1 aliphatic heterocycles. The number of aromatic amines is 3. The number of hydrogen-bond donors (Lipinski definition) is 3. The van der Waals surface area contributed by atoms with E-state index in [-0.39, 0.29) is 28.3 Å². The van der Waals surface area contributed by atoms with E-state index in [1.165, 1.54) is 54.6 Å². The third-order valence-electron chi connectivity index (χ3n) is 8.97. The Balaban J connectivity index is 1.54. The zero-order valence-electron chi connectivity index (χ0n) is 27.0. The molecule has 0 amide bonds. The molecule has 0 unspecified atom stereocenters. The number of nitrogens with one attached hydrogen (secondary N) is 3. The highest BCUT2D eigenvalue weighted by atomic mass is 16.6. The molecule has 3 N–H and O–H groups in total. The fourth-order valence-corrected chi connectivity index (χ4v) is 6.52. The average Bonchev–Trinajstić information content (AvgIpc) is 3.98. The van der Waals surface area contributed by atoms with Gasteiger partial charge in [0.05, 0.1) is 36.6 Å². The number of hydrogen-bond acceptors (Lipinski definition) is 9. The Morgan fingerprint density at radius 1 is 0.415 bits per heavy atom. The van der Waals surface area contributed by atoms with Crippen LogP contribution in [0.4, 0.5) is 22.7 Å². The lowest BCUT2D eigenvalue weighted by atomic mass is 10.0. The van der Waals surface area contributed by atoms with Crippen LogP contribution < -0.4 is 0 Å². The first-order chi connectivity index (χ1) is 25.5. The standard InChI is InChI=1S/C37H22N8O8/c46-42(47)23-7-1-20(2-8-23)34-27-14-13-26(38-27)32-19-33(45(52)53)37(41-32)36(22-5-11-25(12-6-22)44(50)51)31-18-17-30(40-31)35(29-16-15-28(34)39-29)21-3-9-24(10-4-21)43(48)49/h1-19,39-41H. The van der Waals surface area contributed by atoms with Gasteiger partial charge in [-0.15, -0.1) is 0 Å². The van der Waals surface area contributed by atoms with Crippen molar-refractivity contribution in [2.24, 2.45) is 0 Å². The summed E-state index contributed by atoms with van der Waals surface area (Å²) in [6.45, 7) is 0. The van der Waals surface area contributed by atoms with Gasteiger partial charge in [0, 0.05) is 81.2 Å². The molecule has 0 radical (unpaired) electrons. The molecule has 16 heteroatoms. The Morgan fingerprint density at radius 3 is 1.26 bits per heavy atom. The number of rotatable bonds is 7. The van der Waals surface area contributed by atoms with E-state index in [1.807, 2.05) is 12.1 Å². The Bertz CT molecular complexity index is 2830. The van der Waals surface area contributed by atoms with Crippen LogP contribution in [0.5, 0.6) is 0 Å². The number of aromatic nitrogens is 4. The Labute approximate surface area is 295 Å². The molecular formula is C37H22N8O8. The fraction of sp³-hybridized carbons (Fsp3) is 0. The predicted octanol–water partition coefficient (Wildman–Crippen LogP) is 9.33. The first-order valence-corrected chi connectivity index (χ1v) is 15.8. The van der Waals surface area contributed by atoms with E-state index in [4.69, 9.17) is 4.98 Å². The highest BCUT2D eigenvalue weighted by Gasteiger charge is 2.22. The van der Waals surface area contributed by atoms with Crippen molar-refractivity contribution in [3.05, 3.63) is 155 Å². The van der Waals surface area contributed by atoms with Crippen LogP contribution in [0.15, 0.2) is 103 Å². The van der Waals surface area contributed by atoms with Crippen LogP contribution in [0.2, 0.25) is 0 Å². The summed E-state index contributed by atoms with van der Waals surface area (Å²) < 4.78 is 0. The Kier molecular flexibility index (Phi) is 7.53. The largest absolute Gasteiger partial charge is 0.354 e. The van der Waals surface area contributed by atoms with Gasteiger partial charge in [0.25, 0.3) is 22.7 Å². The molecule has 0 fully saturated rings. The quantitative estimate of drug-likeness (QED) is 0.106. The molecule has 0 aliphatic carbocycles. The van der Waals surface area contributed by atoms with Crippen molar-refractivity contribution < 1.29 is 19.7 Å². The van der Waals surface area contributed by atoms with Crippen LogP contribution in [-0.4, -0.2) is 39.6 Å². The molecule has 5 heterocycles. The summed E-state index contributed by atoms with van der Waals surface area (Å²) in [5.74, 6) is 0. The van der Waals surface area contributed by atoms with Gasteiger partial charge >= 0.3 is 0 Å². The predicted molar refractivity (Wildman–Crippen MR) is 198 cm³/mol. The molecule has 0 saturated heterocycles. The van der Waals surface area contributed by atoms with Gasteiger partial charge in [-0.3, -0.25) is 40.5 Å². The summed E-state index contributed by atoms with van der Waals surface area (Å²) in [6, 6.07) is 26.1. The first kappa shape index (κ1) is 32.2. The molecule has 0 saturated carbocycles. The second-order valence-electron chi connectivity index (χ2n) is 12.0.